The smallest absolute Gasteiger partial charge is 0.322 e. The fourth-order valence-corrected chi connectivity index (χ4v) is 1.89. The molecule has 0 atom stereocenters. The van der Waals surface area contributed by atoms with E-state index in [1.807, 2.05) is 18.9 Å². The monoisotopic (exact) mass is 272 g/mol. The Morgan fingerprint density at radius 3 is 2.39 bits per heavy atom. The number of aromatic nitrogens is 3. The zero-order chi connectivity index (χ0) is 13.5. The molecule has 0 aromatic carbocycles. The highest BCUT2D eigenvalue weighted by Gasteiger charge is 2.16. The predicted octanol–water partition coefficient (Wildman–Crippen LogP) is 2.94. The van der Waals surface area contributed by atoms with E-state index in [9.17, 15) is 0 Å². The Kier molecular flexibility index (Phi) is 6.12. The minimum Gasteiger partial charge on any atom is -0.463 e. The summed E-state index contributed by atoms with van der Waals surface area (Å²) in [6.07, 6.45) is 2.96. The molecule has 0 radical (unpaired) electrons. The molecule has 0 aliphatic heterocycles. The second kappa shape index (κ2) is 7.36. The summed E-state index contributed by atoms with van der Waals surface area (Å²) in [5.74, 6) is 0.565. The number of nitrogens with zero attached hydrogens (tertiary/aromatic N) is 4. The molecule has 1 aromatic heterocycles. The number of anilines is 1. The minimum atomic E-state index is 0.170. The van der Waals surface area contributed by atoms with E-state index in [1.165, 1.54) is 0 Å². The van der Waals surface area contributed by atoms with Crippen molar-refractivity contribution in [1.82, 2.24) is 15.0 Å². The van der Waals surface area contributed by atoms with Gasteiger partial charge in [-0.25, -0.2) is 0 Å². The molecule has 6 heteroatoms. The van der Waals surface area contributed by atoms with Gasteiger partial charge in [0, 0.05) is 13.1 Å². The normalized spacial score (nSPS) is 10.8. The number of hydrogen-bond donors (Lipinski definition) is 0. The third-order valence-corrected chi connectivity index (χ3v) is 2.99. The second-order valence-corrected chi connectivity index (χ2v) is 4.45. The van der Waals surface area contributed by atoms with Gasteiger partial charge in [0.2, 0.25) is 11.2 Å². The Labute approximate surface area is 114 Å². The first-order valence-corrected chi connectivity index (χ1v) is 6.77. The van der Waals surface area contributed by atoms with Gasteiger partial charge in [0.15, 0.2) is 0 Å². The first-order valence-electron chi connectivity index (χ1n) is 6.39. The van der Waals surface area contributed by atoms with Crippen molar-refractivity contribution in [3.63, 3.8) is 0 Å². The Morgan fingerprint density at radius 2 is 1.83 bits per heavy atom. The summed E-state index contributed by atoms with van der Waals surface area (Å²) in [5.41, 5.74) is 0. The maximum Gasteiger partial charge on any atom is 0.322 e. The topological polar surface area (TPSA) is 51.1 Å². The second-order valence-electron chi connectivity index (χ2n) is 4.12. The summed E-state index contributed by atoms with van der Waals surface area (Å²) in [6, 6.07) is 0.687. The molecule has 18 heavy (non-hydrogen) atoms. The van der Waals surface area contributed by atoms with Crippen molar-refractivity contribution < 1.29 is 4.74 Å². The summed E-state index contributed by atoms with van der Waals surface area (Å²) in [7, 11) is 1.97. The summed E-state index contributed by atoms with van der Waals surface area (Å²) >= 11 is 5.90. The number of rotatable bonds is 7. The first-order chi connectivity index (χ1) is 8.62. The van der Waals surface area contributed by atoms with Crippen LogP contribution in [-0.2, 0) is 0 Å². The summed E-state index contributed by atoms with van der Waals surface area (Å²) in [6.45, 7) is 6.89. The van der Waals surface area contributed by atoms with Gasteiger partial charge in [0.05, 0.1) is 6.61 Å². The molecular weight excluding hydrogens is 252 g/mol. The molecule has 0 amide bonds. The van der Waals surface area contributed by atoms with Crippen molar-refractivity contribution in [2.75, 3.05) is 18.6 Å². The summed E-state index contributed by atoms with van der Waals surface area (Å²) < 4.78 is 5.40. The van der Waals surface area contributed by atoms with Crippen LogP contribution in [0.2, 0.25) is 5.28 Å². The van der Waals surface area contributed by atoms with Gasteiger partial charge in [0.25, 0.3) is 0 Å². The predicted molar refractivity (Wildman–Crippen MR) is 73.4 cm³/mol. The molecule has 102 valence electrons. The average molecular weight is 273 g/mol. The molecule has 0 aliphatic carbocycles. The Balaban J connectivity index is 2.90. The lowest BCUT2D eigenvalue weighted by Crippen LogP contribution is -2.32. The molecule has 0 spiro atoms. The van der Waals surface area contributed by atoms with Crippen LogP contribution in [0.1, 0.15) is 40.0 Å². The van der Waals surface area contributed by atoms with E-state index < -0.39 is 0 Å². The molecule has 5 nitrogen and oxygen atoms in total. The SMILES string of the molecule is CCCOc1nc(Cl)nc(N(C)C(CC)CC)n1. The molecule has 0 saturated heterocycles. The highest BCUT2D eigenvalue weighted by atomic mass is 35.5. The van der Waals surface area contributed by atoms with Crippen LogP contribution in [-0.4, -0.2) is 34.6 Å². The summed E-state index contributed by atoms with van der Waals surface area (Å²) in [5, 5.41) is 0.170. The van der Waals surface area contributed by atoms with Gasteiger partial charge in [0.1, 0.15) is 0 Å². The highest BCUT2D eigenvalue weighted by molar-refractivity contribution is 6.28. The highest BCUT2D eigenvalue weighted by Crippen LogP contribution is 2.18. The van der Waals surface area contributed by atoms with Gasteiger partial charge in [-0.3, -0.25) is 0 Å². The zero-order valence-corrected chi connectivity index (χ0v) is 12.2. The molecule has 0 saturated carbocycles. The van der Waals surface area contributed by atoms with Crippen LogP contribution in [0.4, 0.5) is 5.95 Å². The van der Waals surface area contributed by atoms with E-state index >= 15 is 0 Å². The fourth-order valence-electron chi connectivity index (χ4n) is 1.74. The van der Waals surface area contributed by atoms with E-state index in [4.69, 9.17) is 16.3 Å². The van der Waals surface area contributed by atoms with Crippen molar-refractivity contribution >= 4 is 17.5 Å². The largest absolute Gasteiger partial charge is 0.463 e. The molecule has 0 bridgehead atoms. The van der Waals surface area contributed by atoms with Crippen LogP contribution >= 0.6 is 11.6 Å². The Morgan fingerprint density at radius 1 is 1.17 bits per heavy atom. The lowest BCUT2D eigenvalue weighted by molar-refractivity contribution is 0.291. The lowest BCUT2D eigenvalue weighted by atomic mass is 10.1. The van der Waals surface area contributed by atoms with Gasteiger partial charge < -0.3 is 9.64 Å². The van der Waals surface area contributed by atoms with Crippen molar-refractivity contribution in [2.24, 2.45) is 0 Å². The first kappa shape index (κ1) is 15.0. The van der Waals surface area contributed by atoms with Crippen molar-refractivity contribution in [2.45, 2.75) is 46.1 Å². The number of ether oxygens (including phenoxy) is 1. The van der Waals surface area contributed by atoms with Crippen LogP contribution in [0.3, 0.4) is 0 Å². The van der Waals surface area contributed by atoms with Crippen LogP contribution in [0.25, 0.3) is 0 Å². The van der Waals surface area contributed by atoms with E-state index in [0.717, 1.165) is 19.3 Å². The van der Waals surface area contributed by atoms with Crippen molar-refractivity contribution in [3.8, 4) is 6.01 Å². The summed E-state index contributed by atoms with van der Waals surface area (Å²) in [4.78, 5) is 14.4. The van der Waals surface area contributed by atoms with Gasteiger partial charge in [-0.1, -0.05) is 20.8 Å². The molecule has 0 fully saturated rings. The fraction of sp³-hybridized carbons (Fsp3) is 0.750. The van der Waals surface area contributed by atoms with Crippen molar-refractivity contribution in [3.05, 3.63) is 5.28 Å². The Bertz CT molecular complexity index is 371. The molecule has 0 N–H and O–H groups in total. The van der Waals surface area contributed by atoms with E-state index in [0.29, 0.717) is 24.6 Å². The molecule has 0 aliphatic rings. The maximum absolute atomic E-state index is 5.90. The van der Waals surface area contributed by atoms with E-state index in [2.05, 4.69) is 28.8 Å². The third-order valence-electron chi connectivity index (χ3n) is 2.82. The van der Waals surface area contributed by atoms with E-state index in [1.54, 1.807) is 0 Å². The van der Waals surface area contributed by atoms with Crippen LogP contribution in [0.5, 0.6) is 6.01 Å². The van der Waals surface area contributed by atoms with Gasteiger partial charge in [-0.05, 0) is 30.9 Å². The third kappa shape index (κ3) is 3.98. The minimum absolute atomic E-state index is 0.170. The van der Waals surface area contributed by atoms with Gasteiger partial charge >= 0.3 is 6.01 Å². The van der Waals surface area contributed by atoms with Crippen LogP contribution in [0.15, 0.2) is 0 Å². The number of halogens is 1. The van der Waals surface area contributed by atoms with Crippen molar-refractivity contribution in [1.29, 1.82) is 0 Å². The average Bonchev–Trinajstić information content (AvgIpc) is 2.37. The zero-order valence-electron chi connectivity index (χ0n) is 11.5. The molecule has 0 unspecified atom stereocenters. The quantitative estimate of drug-likeness (QED) is 0.764. The number of hydrogen-bond acceptors (Lipinski definition) is 5. The van der Waals surface area contributed by atoms with Crippen LogP contribution < -0.4 is 9.64 Å². The Hall–Kier alpha value is -1.10. The molecule has 1 rings (SSSR count). The maximum atomic E-state index is 5.90. The molecule has 1 heterocycles. The van der Waals surface area contributed by atoms with Crippen LogP contribution in [0, 0.1) is 0 Å². The molecular formula is C12H21ClN4O. The molecule has 1 aromatic rings. The standard InChI is InChI=1S/C12H21ClN4O/c1-5-8-18-12-15-10(13)14-11(16-12)17(4)9(6-2)7-3/h9H,5-8H2,1-4H3. The van der Waals surface area contributed by atoms with Gasteiger partial charge in [-0.15, -0.1) is 0 Å². The lowest BCUT2D eigenvalue weighted by Gasteiger charge is -2.26. The van der Waals surface area contributed by atoms with Gasteiger partial charge in [-0.2, -0.15) is 15.0 Å². The van der Waals surface area contributed by atoms with E-state index in [-0.39, 0.29) is 5.28 Å².